The van der Waals surface area contributed by atoms with Crippen molar-refractivity contribution in [3.05, 3.63) is 35.9 Å². The number of ketones is 3. The van der Waals surface area contributed by atoms with Gasteiger partial charge in [0, 0.05) is 17.4 Å². The molecule has 0 amide bonds. The monoisotopic (exact) mass is 329 g/mol. The molecular formula is C19H23NO4. The van der Waals surface area contributed by atoms with Crippen molar-refractivity contribution in [3.63, 3.8) is 0 Å². The van der Waals surface area contributed by atoms with Crippen LogP contribution in [-0.4, -0.2) is 34.3 Å². The van der Waals surface area contributed by atoms with Crippen molar-refractivity contribution in [1.29, 1.82) is 5.41 Å². The van der Waals surface area contributed by atoms with E-state index in [4.69, 9.17) is 5.41 Å². The molecule has 0 aliphatic heterocycles. The first kappa shape index (κ1) is 18.2. The summed E-state index contributed by atoms with van der Waals surface area (Å²) in [5.74, 6) is -3.03. The Morgan fingerprint density at radius 3 is 2.25 bits per heavy atom. The molecule has 1 saturated carbocycles. The van der Waals surface area contributed by atoms with Gasteiger partial charge in [0.15, 0.2) is 0 Å². The van der Waals surface area contributed by atoms with Crippen LogP contribution in [-0.2, 0) is 9.59 Å². The van der Waals surface area contributed by atoms with Gasteiger partial charge in [-0.1, -0.05) is 36.8 Å². The van der Waals surface area contributed by atoms with E-state index in [-0.39, 0.29) is 17.5 Å². The number of aliphatic hydroxyl groups is 1. The van der Waals surface area contributed by atoms with E-state index < -0.39 is 29.4 Å². The molecule has 2 N–H and O–H groups in total. The van der Waals surface area contributed by atoms with Crippen LogP contribution in [0.25, 0.3) is 0 Å². The number of aliphatic hydroxyl groups excluding tert-OH is 1. The molecular weight excluding hydrogens is 306 g/mol. The smallest absolute Gasteiger partial charge is 0.207 e. The maximum absolute atomic E-state index is 12.9. The Kier molecular flexibility index (Phi) is 5.78. The van der Waals surface area contributed by atoms with Crippen LogP contribution in [0, 0.1) is 23.2 Å². The van der Waals surface area contributed by atoms with Gasteiger partial charge in [0.2, 0.25) is 5.78 Å². The Labute approximate surface area is 141 Å². The highest BCUT2D eigenvalue weighted by molar-refractivity contribution is 6.48. The molecule has 0 bridgehead atoms. The van der Waals surface area contributed by atoms with Crippen molar-refractivity contribution in [1.82, 2.24) is 0 Å². The SMILES string of the molecule is CC(=O)C1CCCC1C(=O)C(C(=N)C(=O)c1ccccc1)C(C)O. The average Bonchev–Trinajstić information content (AvgIpc) is 3.04. The van der Waals surface area contributed by atoms with Gasteiger partial charge in [-0.15, -0.1) is 0 Å². The van der Waals surface area contributed by atoms with E-state index in [0.29, 0.717) is 18.4 Å². The van der Waals surface area contributed by atoms with Gasteiger partial charge in [-0.05, 0) is 26.7 Å². The second-order valence-electron chi connectivity index (χ2n) is 6.48. The zero-order chi connectivity index (χ0) is 17.9. The normalized spacial score (nSPS) is 22.6. The summed E-state index contributed by atoms with van der Waals surface area (Å²) in [7, 11) is 0. The summed E-state index contributed by atoms with van der Waals surface area (Å²) < 4.78 is 0. The number of hydrogen-bond acceptors (Lipinski definition) is 5. The molecule has 4 atom stereocenters. The molecule has 5 nitrogen and oxygen atoms in total. The van der Waals surface area contributed by atoms with E-state index in [1.165, 1.54) is 13.8 Å². The highest BCUT2D eigenvalue weighted by atomic mass is 16.3. The van der Waals surface area contributed by atoms with Gasteiger partial charge >= 0.3 is 0 Å². The lowest BCUT2D eigenvalue weighted by Crippen LogP contribution is -2.42. The van der Waals surface area contributed by atoms with Crippen LogP contribution in [0.4, 0.5) is 0 Å². The van der Waals surface area contributed by atoms with E-state index in [2.05, 4.69) is 0 Å². The molecule has 1 aliphatic carbocycles. The van der Waals surface area contributed by atoms with Crippen LogP contribution in [0.5, 0.6) is 0 Å². The number of rotatable bonds is 7. The predicted octanol–water partition coefficient (Wildman–Crippen LogP) is 2.46. The van der Waals surface area contributed by atoms with E-state index >= 15 is 0 Å². The molecule has 1 aromatic carbocycles. The molecule has 128 valence electrons. The molecule has 1 aromatic rings. The van der Waals surface area contributed by atoms with Crippen LogP contribution in [0.2, 0.25) is 0 Å². The van der Waals surface area contributed by atoms with Gasteiger partial charge in [0.25, 0.3) is 0 Å². The predicted molar refractivity (Wildman–Crippen MR) is 90.2 cm³/mol. The van der Waals surface area contributed by atoms with Gasteiger partial charge in [0.1, 0.15) is 11.6 Å². The van der Waals surface area contributed by atoms with Crippen LogP contribution in [0.15, 0.2) is 30.3 Å². The van der Waals surface area contributed by atoms with Crippen molar-refractivity contribution in [2.75, 3.05) is 0 Å². The second kappa shape index (κ2) is 7.62. The Morgan fingerprint density at radius 2 is 1.71 bits per heavy atom. The van der Waals surface area contributed by atoms with E-state index in [1.807, 2.05) is 0 Å². The fourth-order valence-corrected chi connectivity index (χ4v) is 3.53. The average molecular weight is 329 g/mol. The van der Waals surface area contributed by atoms with Crippen LogP contribution < -0.4 is 0 Å². The molecule has 4 unspecified atom stereocenters. The third-order valence-electron chi connectivity index (χ3n) is 4.78. The highest BCUT2D eigenvalue weighted by Gasteiger charge is 2.42. The Bertz CT molecular complexity index is 651. The molecule has 0 spiro atoms. The third kappa shape index (κ3) is 3.67. The van der Waals surface area contributed by atoms with Gasteiger partial charge in [-0.3, -0.25) is 14.4 Å². The maximum Gasteiger partial charge on any atom is 0.207 e. The largest absolute Gasteiger partial charge is 0.392 e. The molecule has 0 radical (unpaired) electrons. The lowest BCUT2D eigenvalue weighted by atomic mass is 9.78. The molecule has 0 heterocycles. The number of carbonyl (C=O) groups is 3. The topological polar surface area (TPSA) is 95.3 Å². The van der Waals surface area contributed by atoms with Crippen molar-refractivity contribution in [2.45, 2.75) is 39.2 Å². The molecule has 0 aromatic heterocycles. The minimum absolute atomic E-state index is 0.0453. The van der Waals surface area contributed by atoms with E-state index in [9.17, 15) is 19.5 Å². The summed E-state index contributed by atoms with van der Waals surface area (Å²) in [4.78, 5) is 37.1. The fraction of sp³-hybridized carbons (Fsp3) is 0.474. The zero-order valence-electron chi connectivity index (χ0n) is 14.0. The van der Waals surface area contributed by atoms with Crippen molar-refractivity contribution >= 4 is 23.1 Å². The minimum Gasteiger partial charge on any atom is -0.392 e. The third-order valence-corrected chi connectivity index (χ3v) is 4.78. The fourth-order valence-electron chi connectivity index (χ4n) is 3.53. The molecule has 2 rings (SSSR count). The zero-order valence-corrected chi connectivity index (χ0v) is 14.0. The number of nitrogens with one attached hydrogen (secondary N) is 1. The van der Waals surface area contributed by atoms with Crippen molar-refractivity contribution < 1.29 is 19.5 Å². The van der Waals surface area contributed by atoms with E-state index in [0.717, 1.165) is 6.42 Å². The van der Waals surface area contributed by atoms with Crippen molar-refractivity contribution in [2.24, 2.45) is 17.8 Å². The quantitative estimate of drug-likeness (QED) is 0.593. The highest BCUT2D eigenvalue weighted by Crippen LogP contribution is 2.35. The standard InChI is InChI=1S/C19H23NO4/c1-11(21)14-9-6-10-15(14)19(24)16(12(2)22)17(20)18(23)13-7-4-3-5-8-13/h3-5,7-8,12,14-16,20,22H,6,9-10H2,1-2H3. The van der Waals surface area contributed by atoms with E-state index in [1.54, 1.807) is 30.3 Å². The molecule has 0 saturated heterocycles. The van der Waals surface area contributed by atoms with Gasteiger partial charge in [0.05, 0.1) is 17.7 Å². The summed E-state index contributed by atoms with van der Waals surface area (Å²) in [6, 6.07) is 8.28. The van der Waals surface area contributed by atoms with Crippen molar-refractivity contribution in [3.8, 4) is 0 Å². The number of hydrogen-bond donors (Lipinski definition) is 2. The maximum atomic E-state index is 12.9. The lowest BCUT2D eigenvalue weighted by Gasteiger charge is -2.25. The van der Waals surface area contributed by atoms with Crippen LogP contribution in [0.1, 0.15) is 43.5 Å². The van der Waals surface area contributed by atoms with Gasteiger partial charge in [-0.25, -0.2) is 0 Å². The summed E-state index contributed by atoms with van der Waals surface area (Å²) >= 11 is 0. The second-order valence-corrected chi connectivity index (χ2v) is 6.48. The molecule has 24 heavy (non-hydrogen) atoms. The molecule has 1 fully saturated rings. The first-order valence-electron chi connectivity index (χ1n) is 8.25. The summed E-state index contributed by atoms with van der Waals surface area (Å²) in [6.45, 7) is 2.88. The minimum atomic E-state index is -1.19. The van der Waals surface area contributed by atoms with Gasteiger partial charge in [-0.2, -0.15) is 0 Å². The van der Waals surface area contributed by atoms with Gasteiger partial charge < -0.3 is 10.5 Å². The number of benzene rings is 1. The molecule has 5 heteroatoms. The first-order valence-corrected chi connectivity index (χ1v) is 8.25. The molecule has 1 aliphatic rings. The van der Waals surface area contributed by atoms with Crippen LogP contribution in [0.3, 0.4) is 0 Å². The summed E-state index contributed by atoms with van der Waals surface area (Å²) in [5, 5.41) is 18.2. The first-order chi connectivity index (χ1) is 11.3. The Balaban J connectivity index is 2.25. The Morgan fingerprint density at radius 1 is 1.12 bits per heavy atom. The Hall–Kier alpha value is -2.14. The lowest BCUT2D eigenvalue weighted by molar-refractivity contribution is -0.133. The number of Topliss-reactive ketones (excluding diaryl/α,β-unsaturated/α-hetero) is 3. The summed E-state index contributed by atoms with van der Waals surface area (Å²) in [5.41, 5.74) is -0.0918. The summed E-state index contributed by atoms with van der Waals surface area (Å²) in [6.07, 6.45) is 0.843. The number of carbonyl (C=O) groups excluding carboxylic acids is 3. The van der Waals surface area contributed by atoms with Crippen LogP contribution >= 0.6 is 0 Å².